The number of hydrogen-bond acceptors (Lipinski definition) is 1. The number of aliphatic imine (C=N–C) groups is 1. The summed E-state index contributed by atoms with van der Waals surface area (Å²) in [5.41, 5.74) is 11.7. The molecule has 1 nitrogen and oxygen atoms in total. The molecule has 0 radical (unpaired) electrons. The molecule has 0 aromatic heterocycles. The van der Waals surface area contributed by atoms with Crippen molar-refractivity contribution in [3.63, 3.8) is 0 Å². The van der Waals surface area contributed by atoms with E-state index in [1.165, 1.54) is 44.7 Å². The van der Waals surface area contributed by atoms with Gasteiger partial charge in [0.15, 0.2) is 0 Å². The Bertz CT molecular complexity index is 1200. The summed E-state index contributed by atoms with van der Waals surface area (Å²) in [5.74, 6) is 0. The molecule has 0 atom stereocenters. The first-order valence-corrected chi connectivity index (χ1v) is 13.5. The summed E-state index contributed by atoms with van der Waals surface area (Å²) in [5, 5.41) is 3.17. The van der Waals surface area contributed by atoms with Crippen LogP contribution >= 0.6 is 0 Å². The molecule has 1 heterocycles. The molecule has 29 heavy (non-hydrogen) atoms. The van der Waals surface area contributed by atoms with Crippen LogP contribution in [0.4, 0.5) is 5.69 Å². The monoisotopic (exact) mass is 393 g/mol. The van der Waals surface area contributed by atoms with Crippen LogP contribution in [0.2, 0.25) is 13.1 Å². The zero-order valence-corrected chi connectivity index (χ0v) is 18.9. The number of benzene rings is 2. The van der Waals surface area contributed by atoms with Gasteiger partial charge in [-0.05, 0) is 61.1 Å². The van der Waals surface area contributed by atoms with Gasteiger partial charge in [-0.1, -0.05) is 78.1 Å². The summed E-state index contributed by atoms with van der Waals surface area (Å²) in [6.07, 6.45) is 7.96. The summed E-state index contributed by atoms with van der Waals surface area (Å²) < 4.78 is 0. The molecule has 2 heteroatoms. The Kier molecular flexibility index (Phi) is 4.04. The summed E-state index contributed by atoms with van der Waals surface area (Å²) in [4.78, 5) is 5.09. The van der Waals surface area contributed by atoms with Gasteiger partial charge >= 0.3 is 0 Å². The highest BCUT2D eigenvalue weighted by Gasteiger charge is 2.36. The number of rotatable bonds is 3. The fourth-order valence-corrected chi connectivity index (χ4v) is 8.14. The predicted molar refractivity (Wildman–Crippen MR) is 129 cm³/mol. The molecule has 0 spiro atoms. The van der Waals surface area contributed by atoms with Crippen LogP contribution in [-0.4, -0.2) is 13.8 Å². The topological polar surface area (TPSA) is 12.4 Å². The summed E-state index contributed by atoms with van der Waals surface area (Å²) in [6.45, 7) is 11.7. The van der Waals surface area contributed by atoms with Crippen LogP contribution in [0.15, 0.2) is 82.0 Å². The molecule has 0 N–H and O–H groups in total. The lowest BCUT2D eigenvalue weighted by atomic mass is 9.93. The van der Waals surface area contributed by atoms with Gasteiger partial charge < -0.3 is 0 Å². The Morgan fingerprint density at radius 1 is 0.897 bits per heavy atom. The minimum absolute atomic E-state index is 1.11. The predicted octanol–water partition coefficient (Wildman–Crippen LogP) is 6.68. The van der Waals surface area contributed by atoms with E-state index in [-0.39, 0.29) is 0 Å². The van der Waals surface area contributed by atoms with Gasteiger partial charge in [-0.25, -0.2) is 4.99 Å². The first-order chi connectivity index (χ1) is 13.9. The molecule has 144 valence electrons. The van der Waals surface area contributed by atoms with E-state index in [2.05, 4.69) is 94.6 Å². The third kappa shape index (κ3) is 2.62. The van der Waals surface area contributed by atoms with E-state index in [0.717, 1.165) is 12.1 Å². The molecular formula is C27H27NSi. The molecular weight excluding hydrogens is 366 g/mol. The van der Waals surface area contributed by atoms with Gasteiger partial charge in [0, 0.05) is 11.1 Å². The first-order valence-electron chi connectivity index (χ1n) is 10.5. The van der Waals surface area contributed by atoms with Crippen molar-refractivity contribution in [2.45, 2.75) is 40.3 Å². The zero-order chi connectivity index (χ0) is 20.3. The van der Waals surface area contributed by atoms with Gasteiger partial charge in [-0.2, -0.15) is 0 Å². The normalized spacial score (nSPS) is 17.7. The van der Waals surface area contributed by atoms with Crippen LogP contribution in [-0.2, 0) is 0 Å². The molecule has 0 bridgehead atoms. The number of allylic oxidation sites excluding steroid dienone is 8. The lowest BCUT2D eigenvalue weighted by Crippen LogP contribution is -2.45. The molecule has 0 saturated carbocycles. The third-order valence-corrected chi connectivity index (χ3v) is 10.8. The van der Waals surface area contributed by atoms with E-state index in [0.29, 0.717) is 0 Å². The molecule has 0 fully saturated rings. The van der Waals surface area contributed by atoms with Crippen molar-refractivity contribution < 1.29 is 0 Å². The van der Waals surface area contributed by atoms with E-state index < -0.39 is 8.07 Å². The maximum atomic E-state index is 5.09. The largest absolute Gasteiger partial charge is 0.247 e. The third-order valence-electron chi connectivity index (χ3n) is 6.93. The van der Waals surface area contributed by atoms with Crippen LogP contribution in [0.25, 0.3) is 11.1 Å². The van der Waals surface area contributed by atoms with Crippen LogP contribution in [0, 0.1) is 6.92 Å². The van der Waals surface area contributed by atoms with Gasteiger partial charge in [0.05, 0.1) is 11.4 Å². The van der Waals surface area contributed by atoms with Gasteiger partial charge in [-0.3, -0.25) is 0 Å². The second kappa shape index (κ2) is 6.40. The Balaban J connectivity index is 1.73. The molecule has 5 rings (SSSR count). The maximum Gasteiger partial charge on any atom is 0.108 e. The average Bonchev–Trinajstić information content (AvgIpc) is 3.41. The first kappa shape index (κ1) is 18.3. The molecule has 2 aliphatic carbocycles. The smallest absolute Gasteiger partial charge is 0.108 e. The molecule has 3 aliphatic rings. The van der Waals surface area contributed by atoms with Gasteiger partial charge in [-0.15, -0.1) is 0 Å². The lowest BCUT2D eigenvalue weighted by Gasteiger charge is -2.27. The lowest BCUT2D eigenvalue weighted by molar-refractivity contribution is 1.35. The molecule has 0 amide bonds. The Labute approximate surface area is 174 Å². The van der Waals surface area contributed by atoms with Crippen molar-refractivity contribution in [3.05, 3.63) is 93.7 Å². The molecule has 2 aromatic carbocycles. The molecule has 2 aromatic rings. The van der Waals surface area contributed by atoms with E-state index in [4.69, 9.17) is 4.99 Å². The van der Waals surface area contributed by atoms with Crippen molar-refractivity contribution >= 4 is 35.8 Å². The fourth-order valence-electron chi connectivity index (χ4n) is 5.09. The average molecular weight is 394 g/mol. The standard InChI is InChI=1S/C27H27NSi/c1-17-15-23-22(16-24(17)29(4,5)21-13-9-10-14-21)26-25(20-11-7-6-8-12-20)18(2)19(3)27(26)28-23/h6-13,15-16H,14H2,1-5H3. The minimum Gasteiger partial charge on any atom is -0.247 e. The molecule has 1 aliphatic heterocycles. The van der Waals surface area contributed by atoms with Gasteiger partial charge in [0.2, 0.25) is 0 Å². The highest BCUT2D eigenvalue weighted by molar-refractivity contribution is 6.96. The number of hydrogen-bond donors (Lipinski definition) is 0. The minimum atomic E-state index is -1.70. The van der Waals surface area contributed by atoms with Crippen molar-refractivity contribution in [2.24, 2.45) is 4.99 Å². The molecule has 0 saturated heterocycles. The molecule has 0 unspecified atom stereocenters. The van der Waals surface area contributed by atoms with Crippen LogP contribution in [0.3, 0.4) is 0 Å². The van der Waals surface area contributed by atoms with Gasteiger partial charge in [0.25, 0.3) is 0 Å². The number of aryl methyl sites for hydroxylation is 1. The Morgan fingerprint density at radius 2 is 1.66 bits per heavy atom. The van der Waals surface area contributed by atoms with Crippen LogP contribution in [0.1, 0.15) is 37.0 Å². The van der Waals surface area contributed by atoms with Crippen molar-refractivity contribution in [1.29, 1.82) is 0 Å². The summed E-state index contributed by atoms with van der Waals surface area (Å²) in [7, 11) is -1.70. The summed E-state index contributed by atoms with van der Waals surface area (Å²) >= 11 is 0. The van der Waals surface area contributed by atoms with E-state index in [1.54, 1.807) is 10.4 Å². The Hall–Kier alpha value is -2.71. The van der Waals surface area contributed by atoms with Crippen molar-refractivity contribution in [1.82, 2.24) is 0 Å². The zero-order valence-electron chi connectivity index (χ0n) is 17.9. The van der Waals surface area contributed by atoms with Crippen molar-refractivity contribution in [3.8, 4) is 0 Å². The highest BCUT2D eigenvalue weighted by atomic mass is 28.3. The number of fused-ring (bicyclic) bond motifs is 3. The second-order valence-electron chi connectivity index (χ2n) is 8.96. The quantitative estimate of drug-likeness (QED) is 0.516. The van der Waals surface area contributed by atoms with Gasteiger partial charge in [0.1, 0.15) is 8.07 Å². The fraction of sp³-hybridized carbons (Fsp3) is 0.222. The Morgan fingerprint density at radius 3 is 2.34 bits per heavy atom. The van der Waals surface area contributed by atoms with E-state index in [1.807, 2.05) is 0 Å². The van der Waals surface area contributed by atoms with Crippen LogP contribution < -0.4 is 5.19 Å². The van der Waals surface area contributed by atoms with E-state index in [9.17, 15) is 0 Å². The van der Waals surface area contributed by atoms with E-state index >= 15 is 0 Å². The van der Waals surface area contributed by atoms with Crippen LogP contribution in [0.5, 0.6) is 0 Å². The SMILES string of the molecule is CC1=C(C)C(c2ccccc2)=C2C1=Nc1cc(C)c([Si](C)(C)C3=CC=CC3)cc12. The maximum absolute atomic E-state index is 5.09. The number of nitrogens with zero attached hydrogens (tertiary/aromatic N) is 1. The highest BCUT2D eigenvalue weighted by Crippen LogP contribution is 2.49. The summed E-state index contributed by atoms with van der Waals surface area (Å²) in [6, 6.07) is 15.6. The van der Waals surface area contributed by atoms with Crippen molar-refractivity contribution in [2.75, 3.05) is 0 Å². The second-order valence-corrected chi connectivity index (χ2v) is 13.4.